The molecule has 3 aromatic heterocycles. The van der Waals surface area contributed by atoms with Crippen LogP contribution in [0.1, 0.15) is 37.4 Å². The molecule has 0 spiro atoms. The van der Waals surface area contributed by atoms with Gasteiger partial charge in [0, 0.05) is 11.4 Å². The number of halogens is 3. The van der Waals surface area contributed by atoms with E-state index in [1.807, 2.05) is 45.9 Å². The Morgan fingerprint density at radius 1 is 1.21 bits per heavy atom. The maximum absolute atomic E-state index is 12.7. The fourth-order valence-corrected chi connectivity index (χ4v) is 3.15. The summed E-state index contributed by atoms with van der Waals surface area (Å²) in [4.78, 5) is 21.4. The Balaban J connectivity index is 2.37. The van der Waals surface area contributed by atoms with E-state index in [9.17, 15) is 18.0 Å². The van der Waals surface area contributed by atoms with E-state index >= 15 is 0 Å². The number of alkyl halides is 3. The highest BCUT2D eigenvalue weighted by Crippen LogP contribution is 2.32. The summed E-state index contributed by atoms with van der Waals surface area (Å²) in [5.41, 5.74) is 9.41. The van der Waals surface area contributed by atoms with Gasteiger partial charge < -0.3 is 5.73 Å². The Hall–Kier alpha value is -3.17. The first-order valence-corrected chi connectivity index (χ1v) is 8.96. The Bertz CT molecular complexity index is 1150. The van der Waals surface area contributed by atoms with Crippen molar-refractivity contribution >= 4 is 17.2 Å². The van der Waals surface area contributed by atoms with Gasteiger partial charge in [-0.15, -0.1) is 5.10 Å². The number of hydrogen-bond donors (Lipinski definition) is 1. The van der Waals surface area contributed by atoms with E-state index in [0.29, 0.717) is 16.8 Å². The van der Waals surface area contributed by atoms with E-state index in [-0.39, 0.29) is 11.6 Å². The average molecular weight is 406 g/mol. The molecular weight excluding hydrogens is 385 g/mol. The zero-order valence-electron chi connectivity index (χ0n) is 16.5. The van der Waals surface area contributed by atoms with Gasteiger partial charge in [0.2, 0.25) is 5.95 Å². The third kappa shape index (κ3) is 4.01. The summed E-state index contributed by atoms with van der Waals surface area (Å²) in [6, 6.07) is 3.62. The molecular formula is C19H21F3N6O. The molecule has 3 aromatic rings. The number of hydrogen-bond acceptors (Lipinski definition) is 5. The number of aromatic nitrogens is 5. The summed E-state index contributed by atoms with van der Waals surface area (Å²) >= 11 is 0. The molecule has 29 heavy (non-hydrogen) atoms. The summed E-state index contributed by atoms with van der Waals surface area (Å²) < 4.78 is 39.8. The molecule has 0 saturated carbocycles. The maximum atomic E-state index is 12.7. The number of fused-ring (bicyclic) bond motifs is 1. The van der Waals surface area contributed by atoms with Crippen LogP contribution in [-0.4, -0.2) is 30.3 Å². The smallest absolute Gasteiger partial charge is 0.369 e. The van der Waals surface area contributed by atoms with Gasteiger partial charge in [0.25, 0.3) is 0 Å². The highest BCUT2D eigenvalue weighted by molar-refractivity contribution is 5.88. The van der Waals surface area contributed by atoms with Gasteiger partial charge in [-0.2, -0.15) is 13.2 Å². The minimum absolute atomic E-state index is 0.134. The zero-order chi connectivity index (χ0) is 21.5. The maximum Gasteiger partial charge on any atom is 0.390 e. The summed E-state index contributed by atoms with van der Waals surface area (Å²) in [5.74, 6) is -0.134. The number of allylic oxidation sites excluding steroid dienone is 2. The zero-order valence-corrected chi connectivity index (χ0v) is 16.5. The number of aryl methyl sites for hydroxylation is 3. The molecule has 3 rings (SSSR count). The highest BCUT2D eigenvalue weighted by Gasteiger charge is 2.28. The minimum atomic E-state index is -4.41. The lowest BCUT2D eigenvalue weighted by molar-refractivity contribution is -0.137. The summed E-state index contributed by atoms with van der Waals surface area (Å²) in [7, 11) is 0. The lowest BCUT2D eigenvalue weighted by Crippen LogP contribution is -2.25. The van der Waals surface area contributed by atoms with Gasteiger partial charge in [-0.25, -0.2) is 18.9 Å². The van der Waals surface area contributed by atoms with Crippen molar-refractivity contribution in [3.8, 4) is 11.1 Å². The molecule has 0 aromatic carbocycles. The number of nitrogens with zero attached hydrogens (tertiary/aromatic N) is 5. The van der Waals surface area contributed by atoms with Crippen LogP contribution >= 0.6 is 0 Å². The van der Waals surface area contributed by atoms with Crippen molar-refractivity contribution in [3.63, 3.8) is 0 Å². The van der Waals surface area contributed by atoms with Crippen LogP contribution in [0.15, 0.2) is 23.0 Å². The van der Waals surface area contributed by atoms with E-state index in [1.165, 1.54) is 0 Å². The summed E-state index contributed by atoms with van der Waals surface area (Å²) in [6.45, 7) is 6.72. The van der Waals surface area contributed by atoms with Gasteiger partial charge in [-0.1, -0.05) is 6.08 Å². The summed E-state index contributed by atoms with van der Waals surface area (Å²) in [5, 5.41) is 4.19. The molecule has 0 amide bonds. The molecule has 0 unspecified atom stereocenters. The molecule has 0 bridgehead atoms. The highest BCUT2D eigenvalue weighted by atomic mass is 19.4. The van der Waals surface area contributed by atoms with Gasteiger partial charge in [0.05, 0.1) is 24.2 Å². The minimum Gasteiger partial charge on any atom is -0.369 e. The van der Waals surface area contributed by atoms with Crippen LogP contribution in [0, 0.1) is 13.8 Å². The van der Waals surface area contributed by atoms with E-state index in [1.54, 1.807) is 0 Å². The molecule has 0 aliphatic carbocycles. The van der Waals surface area contributed by atoms with E-state index in [4.69, 9.17) is 5.73 Å². The van der Waals surface area contributed by atoms with E-state index in [2.05, 4.69) is 15.1 Å². The second-order valence-corrected chi connectivity index (χ2v) is 6.83. The molecule has 0 aliphatic rings. The largest absolute Gasteiger partial charge is 0.390 e. The second kappa shape index (κ2) is 7.34. The molecule has 154 valence electrons. The third-order valence-electron chi connectivity index (χ3n) is 4.54. The molecule has 0 aliphatic heterocycles. The number of rotatable bonds is 4. The molecule has 2 N–H and O–H groups in total. The number of anilines is 1. The number of nitrogen functional groups attached to an aromatic ring is 1. The first-order valence-electron chi connectivity index (χ1n) is 8.96. The fraction of sp³-hybridized carbons (Fsp3) is 0.368. The third-order valence-corrected chi connectivity index (χ3v) is 4.54. The van der Waals surface area contributed by atoms with Crippen molar-refractivity contribution in [2.75, 3.05) is 5.73 Å². The van der Waals surface area contributed by atoms with E-state index in [0.717, 1.165) is 26.0 Å². The van der Waals surface area contributed by atoms with Crippen LogP contribution in [0.5, 0.6) is 0 Å². The lowest BCUT2D eigenvalue weighted by Gasteiger charge is -2.13. The second-order valence-electron chi connectivity index (χ2n) is 6.83. The van der Waals surface area contributed by atoms with Crippen LogP contribution in [0.2, 0.25) is 0 Å². The van der Waals surface area contributed by atoms with Gasteiger partial charge >= 0.3 is 11.9 Å². The SMILES string of the molecule is C/C=C(\C)c1nc(N)n2c(=O)n(CCC(F)(F)F)nc2c1-c1cc(C)nc(C)c1. The van der Waals surface area contributed by atoms with Gasteiger partial charge in [-0.3, -0.25) is 4.98 Å². The monoisotopic (exact) mass is 406 g/mol. The van der Waals surface area contributed by atoms with Crippen molar-refractivity contribution in [2.45, 2.75) is 46.8 Å². The van der Waals surface area contributed by atoms with Crippen molar-refractivity contribution in [1.29, 1.82) is 0 Å². The van der Waals surface area contributed by atoms with Crippen LogP contribution in [0.3, 0.4) is 0 Å². The Labute approximate surface area is 164 Å². The lowest BCUT2D eigenvalue weighted by atomic mass is 10.00. The normalized spacial score (nSPS) is 12.7. The van der Waals surface area contributed by atoms with Crippen LogP contribution < -0.4 is 11.4 Å². The van der Waals surface area contributed by atoms with Crippen LogP contribution in [0.25, 0.3) is 22.3 Å². The topological polar surface area (TPSA) is 91.1 Å². The van der Waals surface area contributed by atoms with Gasteiger partial charge in [0.15, 0.2) is 5.65 Å². The standard InChI is InChI=1S/C19H21F3N6O/c1-5-10(2)15-14(13-8-11(3)24-12(4)9-13)16-26-27(7-6-19(20,21)22)18(29)28(16)17(23)25-15/h5,8-9H,6-7H2,1-4H3,(H2,23,25)/b10-5+. The van der Waals surface area contributed by atoms with E-state index < -0.39 is 24.8 Å². The van der Waals surface area contributed by atoms with Crippen molar-refractivity contribution in [3.05, 3.63) is 45.8 Å². The van der Waals surface area contributed by atoms with Crippen molar-refractivity contribution in [1.82, 2.24) is 24.1 Å². The Kier molecular flexibility index (Phi) is 5.20. The predicted octanol–water partition coefficient (Wildman–Crippen LogP) is 3.53. The summed E-state index contributed by atoms with van der Waals surface area (Å²) in [6.07, 6.45) is -3.75. The number of pyridine rings is 1. The fourth-order valence-electron chi connectivity index (χ4n) is 3.15. The predicted molar refractivity (Wildman–Crippen MR) is 104 cm³/mol. The van der Waals surface area contributed by atoms with Gasteiger partial charge in [-0.05, 0) is 51.0 Å². The van der Waals surface area contributed by atoms with Crippen LogP contribution in [-0.2, 0) is 6.54 Å². The molecule has 0 atom stereocenters. The molecule has 0 fully saturated rings. The quantitative estimate of drug-likeness (QED) is 0.716. The average Bonchev–Trinajstić information content (AvgIpc) is 2.94. The molecule has 10 heteroatoms. The van der Waals surface area contributed by atoms with Crippen molar-refractivity contribution in [2.24, 2.45) is 0 Å². The first kappa shape index (κ1) is 20.6. The van der Waals surface area contributed by atoms with Gasteiger partial charge in [0.1, 0.15) is 0 Å². The van der Waals surface area contributed by atoms with Crippen LogP contribution in [0.4, 0.5) is 19.1 Å². The number of nitrogens with two attached hydrogens (primary N) is 1. The molecule has 0 saturated heterocycles. The molecule has 0 radical (unpaired) electrons. The Morgan fingerprint density at radius 2 is 1.83 bits per heavy atom. The molecule has 7 nitrogen and oxygen atoms in total. The molecule has 3 heterocycles. The van der Waals surface area contributed by atoms with Crippen molar-refractivity contribution < 1.29 is 13.2 Å². The first-order chi connectivity index (χ1) is 13.5. The Morgan fingerprint density at radius 3 is 2.38 bits per heavy atom.